The fourth-order valence-corrected chi connectivity index (χ4v) is 2.27. The minimum absolute atomic E-state index is 0.0652. The highest BCUT2D eigenvalue weighted by atomic mass is 16.2. The molecule has 0 atom stereocenters. The zero-order valence-corrected chi connectivity index (χ0v) is 11.5. The van der Waals surface area contributed by atoms with Gasteiger partial charge >= 0.3 is 0 Å². The Labute approximate surface area is 118 Å². The number of hydrogen-bond acceptors (Lipinski definition) is 3. The highest BCUT2D eigenvalue weighted by molar-refractivity contribution is 5.90. The van der Waals surface area contributed by atoms with Crippen LogP contribution in [-0.2, 0) is 13.0 Å². The van der Waals surface area contributed by atoms with Gasteiger partial charge in [-0.25, -0.2) is 4.98 Å². The third kappa shape index (κ3) is 2.71. The topological polar surface area (TPSA) is 61.9 Å². The van der Waals surface area contributed by atoms with E-state index in [1.165, 1.54) is 11.9 Å². The summed E-state index contributed by atoms with van der Waals surface area (Å²) in [6, 6.07) is 8.79. The van der Waals surface area contributed by atoms with Crippen LogP contribution in [0.15, 0.2) is 30.6 Å². The van der Waals surface area contributed by atoms with Gasteiger partial charge < -0.3 is 4.90 Å². The van der Waals surface area contributed by atoms with Crippen molar-refractivity contribution in [2.45, 2.75) is 38.8 Å². The molecule has 3 rings (SSSR count). The number of carbonyl (C=O) groups excluding carboxylic acids is 1. The largest absolute Gasteiger partial charge is 0.329 e. The zero-order chi connectivity index (χ0) is 13.9. The van der Waals surface area contributed by atoms with E-state index < -0.39 is 0 Å². The molecule has 0 saturated heterocycles. The summed E-state index contributed by atoms with van der Waals surface area (Å²) in [5.41, 5.74) is 2.47. The third-order valence-corrected chi connectivity index (χ3v) is 3.65. The van der Waals surface area contributed by atoms with Crippen LogP contribution in [0, 0.1) is 0 Å². The average molecular weight is 270 g/mol. The van der Waals surface area contributed by atoms with Crippen LogP contribution in [0.3, 0.4) is 0 Å². The molecule has 5 heteroatoms. The van der Waals surface area contributed by atoms with E-state index in [-0.39, 0.29) is 5.91 Å². The van der Waals surface area contributed by atoms with Crippen LogP contribution < -0.4 is 0 Å². The standard InChI is InChI=1S/C15H18N4O/c1-2-11-3-5-12(6-4-11)9-19(13-7-8-13)15(20)14-16-10-17-18-14/h3-6,10,13H,2,7-9H2,1H3,(H,16,17,18). The van der Waals surface area contributed by atoms with E-state index in [1.807, 2.05) is 4.90 Å². The molecule has 0 aliphatic heterocycles. The molecule has 1 aromatic carbocycles. The number of hydrogen-bond donors (Lipinski definition) is 1. The number of rotatable bonds is 5. The molecule has 104 valence electrons. The summed E-state index contributed by atoms with van der Waals surface area (Å²) in [6.45, 7) is 2.77. The summed E-state index contributed by atoms with van der Waals surface area (Å²) in [7, 11) is 0. The third-order valence-electron chi connectivity index (χ3n) is 3.65. The summed E-state index contributed by atoms with van der Waals surface area (Å²) >= 11 is 0. The second kappa shape index (κ2) is 5.45. The van der Waals surface area contributed by atoms with E-state index in [0.29, 0.717) is 18.4 Å². The van der Waals surface area contributed by atoms with Gasteiger partial charge in [0.05, 0.1) is 0 Å². The molecule has 1 aliphatic carbocycles. The van der Waals surface area contributed by atoms with E-state index in [2.05, 4.69) is 46.4 Å². The first-order chi connectivity index (χ1) is 9.78. The maximum atomic E-state index is 12.4. The van der Waals surface area contributed by atoms with E-state index in [1.54, 1.807) is 0 Å². The predicted octanol–water partition coefficient (Wildman–Crippen LogP) is 2.17. The number of nitrogens with one attached hydrogen (secondary N) is 1. The predicted molar refractivity (Wildman–Crippen MR) is 75.1 cm³/mol. The average Bonchev–Trinajstić information content (AvgIpc) is 3.18. The second-order valence-corrected chi connectivity index (χ2v) is 5.17. The Kier molecular flexibility index (Phi) is 3.50. The lowest BCUT2D eigenvalue weighted by Crippen LogP contribution is -2.33. The van der Waals surface area contributed by atoms with Gasteiger partial charge in [-0.1, -0.05) is 31.2 Å². The minimum Gasteiger partial charge on any atom is -0.329 e. The van der Waals surface area contributed by atoms with Gasteiger partial charge in [0.1, 0.15) is 6.33 Å². The van der Waals surface area contributed by atoms with Crippen LogP contribution >= 0.6 is 0 Å². The molecule has 1 amide bonds. The van der Waals surface area contributed by atoms with Crippen molar-refractivity contribution in [1.29, 1.82) is 0 Å². The Bertz CT molecular complexity index is 572. The molecule has 0 bridgehead atoms. The monoisotopic (exact) mass is 270 g/mol. The number of aromatic amines is 1. The molecule has 1 heterocycles. The first-order valence-corrected chi connectivity index (χ1v) is 7.02. The van der Waals surface area contributed by atoms with Crippen molar-refractivity contribution in [3.05, 3.63) is 47.5 Å². The van der Waals surface area contributed by atoms with Crippen molar-refractivity contribution < 1.29 is 4.79 Å². The van der Waals surface area contributed by atoms with Crippen molar-refractivity contribution in [3.63, 3.8) is 0 Å². The molecule has 1 saturated carbocycles. The van der Waals surface area contributed by atoms with Crippen LogP contribution in [0.2, 0.25) is 0 Å². The van der Waals surface area contributed by atoms with Gasteiger partial charge in [0.15, 0.2) is 0 Å². The van der Waals surface area contributed by atoms with Crippen LogP contribution in [0.5, 0.6) is 0 Å². The Morgan fingerprint density at radius 1 is 1.30 bits per heavy atom. The van der Waals surface area contributed by atoms with Crippen molar-refractivity contribution in [1.82, 2.24) is 20.1 Å². The van der Waals surface area contributed by atoms with Gasteiger partial charge in [-0.3, -0.25) is 9.89 Å². The second-order valence-electron chi connectivity index (χ2n) is 5.17. The quantitative estimate of drug-likeness (QED) is 0.905. The lowest BCUT2D eigenvalue weighted by Gasteiger charge is -2.21. The van der Waals surface area contributed by atoms with Crippen molar-refractivity contribution in [2.24, 2.45) is 0 Å². The smallest absolute Gasteiger partial charge is 0.291 e. The van der Waals surface area contributed by atoms with E-state index in [4.69, 9.17) is 0 Å². The minimum atomic E-state index is -0.0652. The first-order valence-electron chi connectivity index (χ1n) is 7.02. The number of aromatic nitrogens is 3. The molecule has 1 aliphatic rings. The van der Waals surface area contributed by atoms with Gasteiger partial charge in [0.25, 0.3) is 5.91 Å². The number of benzene rings is 1. The molecule has 0 radical (unpaired) electrons. The van der Waals surface area contributed by atoms with Crippen LogP contribution in [-0.4, -0.2) is 32.0 Å². The molecular formula is C15H18N4O. The van der Waals surface area contributed by atoms with Crippen molar-refractivity contribution >= 4 is 5.91 Å². The fraction of sp³-hybridized carbons (Fsp3) is 0.400. The van der Waals surface area contributed by atoms with E-state index in [9.17, 15) is 4.79 Å². The lowest BCUT2D eigenvalue weighted by molar-refractivity contribution is 0.0718. The molecule has 1 fully saturated rings. The Balaban J connectivity index is 1.75. The Hall–Kier alpha value is -2.17. The van der Waals surface area contributed by atoms with Crippen molar-refractivity contribution in [3.8, 4) is 0 Å². The Morgan fingerprint density at radius 2 is 2.00 bits per heavy atom. The van der Waals surface area contributed by atoms with E-state index >= 15 is 0 Å². The summed E-state index contributed by atoms with van der Waals surface area (Å²) in [4.78, 5) is 18.3. The zero-order valence-electron chi connectivity index (χ0n) is 11.5. The summed E-state index contributed by atoms with van der Waals surface area (Å²) < 4.78 is 0. The molecule has 0 spiro atoms. The molecule has 0 unspecified atom stereocenters. The number of H-pyrrole nitrogens is 1. The summed E-state index contributed by atoms with van der Waals surface area (Å²) in [6.07, 6.45) is 4.55. The summed E-state index contributed by atoms with van der Waals surface area (Å²) in [5.74, 6) is 0.256. The van der Waals surface area contributed by atoms with Gasteiger partial charge in [-0.2, -0.15) is 5.10 Å². The van der Waals surface area contributed by atoms with E-state index in [0.717, 1.165) is 24.8 Å². The van der Waals surface area contributed by atoms with Gasteiger partial charge in [-0.15, -0.1) is 0 Å². The van der Waals surface area contributed by atoms with Gasteiger partial charge in [0.2, 0.25) is 5.82 Å². The highest BCUT2D eigenvalue weighted by Gasteiger charge is 2.34. The molecule has 1 aromatic heterocycles. The van der Waals surface area contributed by atoms with Crippen LogP contribution in [0.25, 0.3) is 0 Å². The molecule has 20 heavy (non-hydrogen) atoms. The SMILES string of the molecule is CCc1ccc(CN(C(=O)c2ncn[nH]2)C2CC2)cc1. The maximum absolute atomic E-state index is 12.4. The van der Waals surface area contributed by atoms with Gasteiger partial charge in [-0.05, 0) is 30.4 Å². The molecule has 5 nitrogen and oxygen atoms in total. The molecule has 2 aromatic rings. The lowest BCUT2D eigenvalue weighted by atomic mass is 10.1. The number of nitrogens with zero attached hydrogens (tertiary/aromatic N) is 3. The number of carbonyl (C=O) groups is 1. The Morgan fingerprint density at radius 3 is 2.55 bits per heavy atom. The van der Waals surface area contributed by atoms with Gasteiger partial charge in [0, 0.05) is 12.6 Å². The number of aryl methyl sites for hydroxylation is 1. The van der Waals surface area contributed by atoms with Crippen LogP contribution in [0.1, 0.15) is 41.5 Å². The fourth-order valence-electron chi connectivity index (χ4n) is 2.27. The molecule has 1 N–H and O–H groups in total. The van der Waals surface area contributed by atoms with Crippen molar-refractivity contribution in [2.75, 3.05) is 0 Å². The first kappa shape index (κ1) is 12.8. The number of amides is 1. The molecular weight excluding hydrogens is 252 g/mol. The highest BCUT2D eigenvalue weighted by Crippen LogP contribution is 2.29. The normalized spacial score (nSPS) is 14.2. The summed E-state index contributed by atoms with van der Waals surface area (Å²) in [5, 5.41) is 6.40. The maximum Gasteiger partial charge on any atom is 0.291 e. The van der Waals surface area contributed by atoms with Crippen LogP contribution in [0.4, 0.5) is 0 Å².